The van der Waals surface area contributed by atoms with Crippen LogP contribution in [0, 0.1) is 0 Å². The molecule has 2 saturated heterocycles. The summed E-state index contributed by atoms with van der Waals surface area (Å²) >= 11 is 12.2. The van der Waals surface area contributed by atoms with E-state index in [0.717, 1.165) is 5.56 Å². The van der Waals surface area contributed by atoms with Crippen LogP contribution in [0.15, 0.2) is 53.4 Å². The summed E-state index contributed by atoms with van der Waals surface area (Å²) in [5.41, 5.74) is 0.194. The number of ether oxygens (including phenoxy) is 1. The van der Waals surface area contributed by atoms with Gasteiger partial charge in [-0.3, -0.25) is 4.79 Å². The average molecular weight is 483 g/mol. The van der Waals surface area contributed by atoms with Gasteiger partial charge in [-0.25, -0.2) is 8.42 Å². The highest BCUT2D eigenvalue weighted by molar-refractivity contribution is 7.89. The Balaban J connectivity index is 1.53. The van der Waals surface area contributed by atoms with Gasteiger partial charge < -0.3 is 9.64 Å². The van der Waals surface area contributed by atoms with Crippen molar-refractivity contribution in [2.45, 2.75) is 23.2 Å². The Kier molecular flexibility index (Phi) is 6.60. The van der Waals surface area contributed by atoms with Gasteiger partial charge in [-0.2, -0.15) is 4.31 Å². The minimum atomic E-state index is -3.66. The quantitative estimate of drug-likeness (QED) is 0.667. The number of carbonyl (C=O) groups excluding carboxylic acids is 1. The summed E-state index contributed by atoms with van der Waals surface area (Å²) in [4.78, 5) is 15.6. The molecule has 2 aliphatic rings. The highest BCUT2D eigenvalue weighted by Gasteiger charge is 2.45. The molecule has 2 aromatic carbocycles. The molecule has 2 aromatic rings. The van der Waals surface area contributed by atoms with Gasteiger partial charge in [0.05, 0.1) is 10.3 Å². The summed E-state index contributed by atoms with van der Waals surface area (Å²) in [7, 11) is -3.66. The molecule has 166 valence electrons. The van der Waals surface area contributed by atoms with Crippen LogP contribution in [0.1, 0.15) is 18.4 Å². The average Bonchev–Trinajstić information content (AvgIpc) is 2.79. The Morgan fingerprint density at radius 1 is 0.903 bits per heavy atom. The van der Waals surface area contributed by atoms with Gasteiger partial charge in [-0.05, 0) is 48.7 Å². The summed E-state index contributed by atoms with van der Waals surface area (Å²) in [6, 6.07) is 13.7. The van der Waals surface area contributed by atoms with E-state index in [2.05, 4.69) is 0 Å². The maximum absolute atomic E-state index is 13.7. The van der Waals surface area contributed by atoms with Crippen LogP contribution in [0.25, 0.3) is 0 Å². The Morgan fingerprint density at radius 2 is 1.52 bits per heavy atom. The molecule has 0 saturated carbocycles. The van der Waals surface area contributed by atoms with E-state index in [1.165, 1.54) is 16.4 Å². The first-order valence-corrected chi connectivity index (χ1v) is 12.4. The van der Waals surface area contributed by atoms with Crippen molar-refractivity contribution < 1.29 is 17.9 Å². The lowest BCUT2D eigenvalue weighted by Gasteiger charge is -2.42. The van der Waals surface area contributed by atoms with E-state index in [9.17, 15) is 13.2 Å². The second-order valence-electron chi connectivity index (χ2n) is 7.86. The molecule has 0 aromatic heterocycles. The second-order valence-corrected chi connectivity index (χ2v) is 10.7. The zero-order chi connectivity index (χ0) is 22.1. The molecule has 9 heteroatoms. The molecule has 0 radical (unpaired) electrons. The Bertz CT molecular complexity index is 1060. The number of carbonyl (C=O) groups is 1. The number of sulfonamides is 1. The molecule has 6 nitrogen and oxygen atoms in total. The SMILES string of the molecule is O=C(N1CCN(S(=O)(=O)c2cccc(Cl)c2)CC1)C1(c2cccc(Cl)c2)CCOCC1. The lowest BCUT2D eigenvalue weighted by Crippen LogP contribution is -2.56. The predicted octanol–water partition coefficient (Wildman–Crippen LogP) is 3.57. The number of hydrogen-bond donors (Lipinski definition) is 0. The summed E-state index contributed by atoms with van der Waals surface area (Å²) in [5.74, 6) is 0.0119. The molecule has 0 aliphatic carbocycles. The van der Waals surface area contributed by atoms with Gasteiger partial charge in [0.15, 0.2) is 0 Å². The van der Waals surface area contributed by atoms with Gasteiger partial charge in [0, 0.05) is 49.4 Å². The molecule has 0 spiro atoms. The molecular weight excluding hydrogens is 459 g/mol. The summed E-state index contributed by atoms with van der Waals surface area (Å²) in [6.07, 6.45) is 1.15. The number of benzene rings is 2. The molecule has 0 unspecified atom stereocenters. The molecule has 0 atom stereocenters. The zero-order valence-electron chi connectivity index (χ0n) is 17.0. The lowest BCUT2D eigenvalue weighted by atomic mass is 9.73. The Morgan fingerprint density at radius 3 is 2.13 bits per heavy atom. The first-order valence-electron chi connectivity index (χ1n) is 10.2. The normalized spacial score (nSPS) is 19.9. The van der Waals surface area contributed by atoms with Crippen molar-refractivity contribution in [3.8, 4) is 0 Å². The lowest BCUT2D eigenvalue weighted by molar-refractivity contribution is -0.142. The summed E-state index contributed by atoms with van der Waals surface area (Å²) < 4.78 is 32.9. The molecule has 2 heterocycles. The molecule has 0 bridgehead atoms. The van der Waals surface area contributed by atoms with Crippen LogP contribution in [-0.4, -0.2) is 62.9 Å². The van der Waals surface area contributed by atoms with Crippen LogP contribution < -0.4 is 0 Å². The van der Waals surface area contributed by atoms with Gasteiger partial charge in [-0.1, -0.05) is 41.4 Å². The molecule has 4 rings (SSSR count). The molecule has 31 heavy (non-hydrogen) atoms. The van der Waals surface area contributed by atoms with Gasteiger partial charge in [0.2, 0.25) is 15.9 Å². The maximum atomic E-state index is 13.7. The topological polar surface area (TPSA) is 66.9 Å². The van der Waals surface area contributed by atoms with Gasteiger partial charge >= 0.3 is 0 Å². The number of rotatable bonds is 4. The van der Waals surface area contributed by atoms with Crippen molar-refractivity contribution in [3.63, 3.8) is 0 Å². The van der Waals surface area contributed by atoms with Gasteiger partial charge in [-0.15, -0.1) is 0 Å². The fraction of sp³-hybridized carbons (Fsp3) is 0.409. The molecule has 2 aliphatic heterocycles. The highest BCUT2D eigenvalue weighted by atomic mass is 35.5. The maximum Gasteiger partial charge on any atom is 0.243 e. The van der Waals surface area contributed by atoms with Crippen LogP contribution in [0.4, 0.5) is 0 Å². The number of nitrogens with zero attached hydrogens (tertiary/aromatic N) is 2. The van der Waals surface area contributed by atoms with Crippen LogP contribution >= 0.6 is 23.2 Å². The molecular formula is C22H24Cl2N2O4S. The monoisotopic (exact) mass is 482 g/mol. The van der Waals surface area contributed by atoms with Crippen molar-refractivity contribution >= 4 is 39.1 Å². The Labute approximate surface area is 192 Å². The first kappa shape index (κ1) is 22.6. The predicted molar refractivity (Wildman–Crippen MR) is 120 cm³/mol. The summed E-state index contributed by atoms with van der Waals surface area (Å²) in [5, 5.41) is 0.964. The fourth-order valence-electron chi connectivity index (χ4n) is 4.34. The van der Waals surface area contributed by atoms with Gasteiger partial charge in [0.1, 0.15) is 0 Å². The van der Waals surface area contributed by atoms with E-state index in [-0.39, 0.29) is 23.9 Å². The highest BCUT2D eigenvalue weighted by Crippen LogP contribution is 2.38. The van der Waals surface area contributed by atoms with Crippen LogP contribution in [0.2, 0.25) is 10.0 Å². The zero-order valence-corrected chi connectivity index (χ0v) is 19.3. The number of amides is 1. The first-order chi connectivity index (χ1) is 14.8. The largest absolute Gasteiger partial charge is 0.381 e. The van der Waals surface area contributed by atoms with E-state index in [0.29, 0.717) is 49.2 Å². The van der Waals surface area contributed by atoms with Crippen LogP contribution in [0.3, 0.4) is 0 Å². The Hall–Kier alpha value is -1.64. The van der Waals surface area contributed by atoms with Crippen molar-refractivity contribution in [2.24, 2.45) is 0 Å². The third-order valence-electron chi connectivity index (χ3n) is 6.09. The molecule has 2 fully saturated rings. The van der Waals surface area contributed by atoms with Crippen LogP contribution in [-0.2, 0) is 25.0 Å². The standard InChI is InChI=1S/C22H24Cl2N2O4S/c23-18-4-1-3-17(15-18)22(7-13-30-14-8-22)21(27)25-9-11-26(12-10-25)31(28,29)20-6-2-5-19(24)16-20/h1-6,15-16H,7-14H2. The summed E-state index contributed by atoms with van der Waals surface area (Å²) in [6.45, 7) is 2.15. The minimum absolute atomic E-state index is 0.0119. The third kappa shape index (κ3) is 4.47. The molecule has 1 amide bonds. The second kappa shape index (κ2) is 9.08. The van der Waals surface area contributed by atoms with E-state index < -0.39 is 15.4 Å². The van der Waals surface area contributed by atoms with Crippen molar-refractivity contribution in [3.05, 3.63) is 64.1 Å². The number of halogens is 2. The third-order valence-corrected chi connectivity index (χ3v) is 8.46. The van der Waals surface area contributed by atoms with Crippen LogP contribution in [0.5, 0.6) is 0 Å². The fourth-order valence-corrected chi connectivity index (χ4v) is 6.26. The van der Waals surface area contributed by atoms with Crippen molar-refractivity contribution in [1.82, 2.24) is 9.21 Å². The van der Waals surface area contributed by atoms with E-state index in [1.54, 1.807) is 23.1 Å². The smallest absolute Gasteiger partial charge is 0.243 e. The van der Waals surface area contributed by atoms with E-state index in [1.807, 2.05) is 18.2 Å². The minimum Gasteiger partial charge on any atom is -0.381 e. The van der Waals surface area contributed by atoms with E-state index in [4.69, 9.17) is 27.9 Å². The number of piperazine rings is 1. The van der Waals surface area contributed by atoms with Gasteiger partial charge in [0.25, 0.3) is 0 Å². The van der Waals surface area contributed by atoms with Crippen molar-refractivity contribution in [1.29, 1.82) is 0 Å². The van der Waals surface area contributed by atoms with E-state index >= 15 is 0 Å². The number of hydrogen-bond acceptors (Lipinski definition) is 4. The molecule has 0 N–H and O–H groups in total. The van der Waals surface area contributed by atoms with Crippen molar-refractivity contribution in [2.75, 3.05) is 39.4 Å².